The van der Waals surface area contributed by atoms with Gasteiger partial charge in [0.25, 0.3) is 5.69 Å². The minimum absolute atomic E-state index is 0.0524. The van der Waals surface area contributed by atoms with E-state index in [-0.39, 0.29) is 5.69 Å². The average Bonchev–Trinajstić information content (AvgIpc) is 2.38. The SMILES string of the molecule is Cc1cnc(OCC2CCCCN2)cc1[N+](=O)[O-]. The summed E-state index contributed by atoms with van der Waals surface area (Å²) in [7, 11) is 0. The Morgan fingerprint density at radius 1 is 1.61 bits per heavy atom. The number of nitrogens with zero attached hydrogens (tertiary/aromatic N) is 2. The molecule has 0 saturated carbocycles. The first-order chi connectivity index (χ1) is 8.66. The molecular weight excluding hydrogens is 234 g/mol. The van der Waals surface area contributed by atoms with Gasteiger partial charge in [0.2, 0.25) is 5.88 Å². The maximum absolute atomic E-state index is 10.8. The molecule has 6 nitrogen and oxygen atoms in total. The number of piperidine rings is 1. The minimum atomic E-state index is -0.414. The van der Waals surface area contributed by atoms with E-state index < -0.39 is 4.92 Å². The fourth-order valence-electron chi connectivity index (χ4n) is 2.02. The van der Waals surface area contributed by atoms with Gasteiger partial charge in [-0.3, -0.25) is 10.1 Å². The zero-order chi connectivity index (χ0) is 13.0. The largest absolute Gasteiger partial charge is 0.476 e. The lowest BCUT2D eigenvalue weighted by Crippen LogP contribution is -2.38. The van der Waals surface area contributed by atoms with Gasteiger partial charge in [0.15, 0.2) is 0 Å². The quantitative estimate of drug-likeness (QED) is 0.652. The van der Waals surface area contributed by atoms with Gasteiger partial charge in [-0.05, 0) is 26.3 Å². The molecule has 98 valence electrons. The molecule has 1 unspecified atom stereocenters. The van der Waals surface area contributed by atoms with Gasteiger partial charge >= 0.3 is 0 Å². The van der Waals surface area contributed by atoms with Gasteiger partial charge in [-0.2, -0.15) is 0 Å². The van der Waals surface area contributed by atoms with Crippen molar-refractivity contribution in [1.82, 2.24) is 10.3 Å². The number of rotatable bonds is 4. The summed E-state index contributed by atoms with van der Waals surface area (Å²) in [5.74, 6) is 0.319. The molecule has 1 N–H and O–H groups in total. The van der Waals surface area contributed by atoms with Gasteiger partial charge in [0.1, 0.15) is 6.61 Å². The maximum Gasteiger partial charge on any atom is 0.279 e. The summed E-state index contributed by atoms with van der Waals surface area (Å²) >= 11 is 0. The Hall–Kier alpha value is -1.69. The average molecular weight is 251 g/mol. The van der Waals surface area contributed by atoms with Crippen LogP contribution in [0.15, 0.2) is 12.3 Å². The summed E-state index contributed by atoms with van der Waals surface area (Å²) < 4.78 is 5.51. The van der Waals surface area contributed by atoms with Crippen molar-refractivity contribution in [2.24, 2.45) is 0 Å². The van der Waals surface area contributed by atoms with E-state index in [4.69, 9.17) is 4.74 Å². The minimum Gasteiger partial charge on any atom is -0.476 e. The van der Waals surface area contributed by atoms with Crippen molar-refractivity contribution >= 4 is 5.69 Å². The van der Waals surface area contributed by atoms with Crippen molar-refractivity contribution in [1.29, 1.82) is 0 Å². The number of ether oxygens (including phenoxy) is 1. The highest BCUT2D eigenvalue weighted by Crippen LogP contribution is 2.21. The third-order valence-corrected chi connectivity index (χ3v) is 3.09. The predicted molar refractivity (Wildman–Crippen MR) is 66.8 cm³/mol. The number of aryl methyl sites for hydroxylation is 1. The summed E-state index contributed by atoms with van der Waals surface area (Å²) in [6.07, 6.45) is 4.95. The van der Waals surface area contributed by atoms with E-state index in [0.29, 0.717) is 24.1 Å². The molecule has 1 aliphatic rings. The van der Waals surface area contributed by atoms with Crippen LogP contribution >= 0.6 is 0 Å². The molecule has 0 bridgehead atoms. The van der Waals surface area contributed by atoms with E-state index >= 15 is 0 Å². The van der Waals surface area contributed by atoms with E-state index in [9.17, 15) is 10.1 Å². The smallest absolute Gasteiger partial charge is 0.279 e. The molecule has 0 amide bonds. The highest BCUT2D eigenvalue weighted by Gasteiger charge is 2.16. The molecule has 1 aromatic rings. The molecule has 2 rings (SSSR count). The van der Waals surface area contributed by atoms with Crippen molar-refractivity contribution in [3.63, 3.8) is 0 Å². The molecule has 0 aromatic carbocycles. The lowest BCUT2D eigenvalue weighted by Gasteiger charge is -2.23. The summed E-state index contributed by atoms with van der Waals surface area (Å²) in [4.78, 5) is 14.4. The summed E-state index contributed by atoms with van der Waals surface area (Å²) in [6.45, 7) is 3.18. The van der Waals surface area contributed by atoms with E-state index in [1.807, 2.05) is 0 Å². The topological polar surface area (TPSA) is 77.3 Å². The highest BCUT2D eigenvalue weighted by atomic mass is 16.6. The van der Waals surface area contributed by atoms with Gasteiger partial charge < -0.3 is 10.1 Å². The standard InChI is InChI=1S/C12H17N3O3/c1-9-7-14-12(6-11(9)15(16)17)18-8-10-4-2-3-5-13-10/h6-7,10,13H,2-5,8H2,1H3. The Bertz CT molecular complexity index is 431. The second kappa shape index (κ2) is 5.77. The van der Waals surface area contributed by atoms with E-state index in [1.165, 1.54) is 25.1 Å². The number of nitro groups is 1. The second-order valence-corrected chi connectivity index (χ2v) is 4.52. The third-order valence-electron chi connectivity index (χ3n) is 3.09. The van der Waals surface area contributed by atoms with Gasteiger partial charge in [-0.25, -0.2) is 4.98 Å². The first kappa shape index (κ1) is 12.8. The molecule has 0 radical (unpaired) electrons. The van der Waals surface area contributed by atoms with E-state index in [2.05, 4.69) is 10.3 Å². The van der Waals surface area contributed by atoms with Crippen LogP contribution in [-0.2, 0) is 0 Å². The van der Waals surface area contributed by atoms with Gasteiger partial charge in [0, 0.05) is 17.8 Å². The van der Waals surface area contributed by atoms with E-state index in [0.717, 1.165) is 13.0 Å². The van der Waals surface area contributed by atoms with Crippen LogP contribution in [0.4, 0.5) is 5.69 Å². The Labute approximate surface area is 106 Å². The predicted octanol–water partition coefficient (Wildman–Crippen LogP) is 1.82. The van der Waals surface area contributed by atoms with Gasteiger partial charge in [-0.1, -0.05) is 6.42 Å². The first-order valence-corrected chi connectivity index (χ1v) is 6.14. The molecule has 1 fully saturated rings. The number of hydrogen-bond donors (Lipinski definition) is 1. The van der Waals surface area contributed by atoms with Crippen LogP contribution in [0.3, 0.4) is 0 Å². The first-order valence-electron chi connectivity index (χ1n) is 6.14. The molecule has 18 heavy (non-hydrogen) atoms. The molecule has 1 saturated heterocycles. The maximum atomic E-state index is 10.8. The molecule has 0 aliphatic carbocycles. The van der Waals surface area contributed by atoms with Crippen LogP contribution in [-0.4, -0.2) is 29.1 Å². The number of hydrogen-bond acceptors (Lipinski definition) is 5. The molecule has 1 aromatic heterocycles. The van der Waals surface area contributed by atoms with Crippen LogP contribution in [0.5, 0.6) is 5.88 Å². The van der Waals surface area contributed by atoms with Crippen molar-refractivity contribution < 1.29 is 9.66 Å². The Balaban J connectivity index is 1.96. The summed E-state index contributed by atoms with van der Waals surface area (Å²) in [5.41, 5.74) is 0.597. The monoisotopic (exact) mass is 251 g/mol. The number of nitrogens with one attached hydrogen (secondary N) is 1. The lowest BCUT2D eigenvalue weighted by molar-refractivity contribution is -0.385. The normalized spacial score (nSPS) is 19.5. The number of aromatic nitrogens is 1. The van der Waals surface area contributed by atoms with Gasteiger partial charge in [0.05, 0.1) is 11.0 Å². The zero-order valence-corrected chi connectivity index (χ0v) is 10.4. The molecular formula is C12H17N3O3. The van der Waals surface area contributed by atoms with E-state index in [1.54, 1.807) is 6.92 Å². The van der Waals surface area contributed by atoms with Crippen LogP contribution in [0.25, 0.3) is 0 Å². The second-order valence-electron chi connectivity index (χ2n) is 4.52. The highest BCUT2D eigenvalue weighted by molar-refractivity contribution is 5.40. The van der Waals surface area contributed by atoms with Crippen LogP contribution in [0, 0.1) is 17.0 Å². The summed E-state index contributed by atoms with van der Waals surface area (Å²) in [5, 5.41) is 14.1. The third kappa shape index (κ3) is 3.16. The summed E-state index contributed by atoms with van der Waals surface area (Å²) in [6, 6.07) is 1.71. The lowest BCUT2D eigenvalue weighted by atomic mass is 10.1. The Kier molecular flexibility index (Phi) is 4.09. The van der Waals surface area contributed by atoms with Crippen molar-refractivity contribution in [2.45, 2.75) is 32.2 Å². The fourth-order valence-corrected chi connectivity index (χ4v) is 2.02. The number of pyridine rings is 1. The molecule has 1 atom stereocenters. The van der Waals surface area contributed by atoms with Crippen LogP contribution < -0.4 is 10.1 Å². The molecule has 2 heterocycles. The van der Waals surface area contributed by atoms with Crippen molar-refractivity contribution in [2.75, 3.05) is 13.2 Å². The molecule has 6 heteroatoms. The van der Waals surface area contributed by atoms with Gasteiger partial charge in [-0.15, -0.1) is 0 Å². The van der Waals surface area contributed by atoms with Crippen LogP contribution in [0.1, 0.15) is 24.8 Å². The van der Waals surface area contributed by atoms with Crippen molar-refractivity contribution in [3.05, 3.63) is 27.9 Å². The fraction of sp³-hybridized carbons (Fsp3) is 0.583. The molecule has 0 spiro atoms. The Morgan fingerprint density at radius 3 is 3.11 bits per heavy atom. The Morgan fingerprint density at radius 2 is 2.44 bits per heavy atom. The molecule has 1 aliphatic heterocycles. The van der Waals surface area contributed by atoms with Crippen LogP contribution in [0.2, 0.25) is 0 Å². The zero-order valence-electron chi connectivity index (χ0n) is 10.4. The van der Waals surface area contributed by atoms with Crippen molar-refractivity contribution in [3.8, 4) is 5.88 Å².